The maximum atomic E-state index is 12.2. The van der Waals surface area contributed by atoms with Gasteiger partial charge in [0.15, 0.2) is 0 Å². The fourth-order valence-corrected chi connectivity index (χ4v) is 1.75. The van der Waals surface area contributed by atoms with E-state index in [0.717, 1.165) is 6.42 Å². The van der Waals surface area contributed by atoms with Crippen molar-refractivity contribution >= 4 is 0 Å². The third-order valence-corrected chi connectivity index (χ3v) is 2.50. The van der Waals surface area contributed by atoms with Crippen molar-refractivity contribution in [1.82, 2.24) is 0 Å². The molecule has 12 heavy (non-hydrogen) atoms. The van der Waals surface area contributed by atoms with Gasteiger partial charge >= 0.3 is 6.18 Å². The van der Waals surface area contributed by atoms with E-state index in [1.54, 1.807) is 0 Å². The molecule has 0 aromatic carbocycles. The first-order valence-electron chi connectivity index (χ1n) is 4.21. The van der Waals surface area contributed by atoms with Gasteiger partial charge in [-0.1, -0.05) is 6.42 Å². The van der Waals surface area contributed by atoms with Gasteiger partial charge in [-0.05, 0) is 25.2 Å². The van der Waals surface area contributed by atoms with E-state index in [2.05, 4.69) is 0 Å². The molecule has 2 atom stereocenters. The van der Waals surface area contributed by atoms with Gasteiger partial charge in [-0.15, -0.1) is 0 Å². The van der Waals surface area contributed by atoms with E-state index in [4.69, 9.17) is 5.11 Å². The molecule has 0 aliphatic heterocycles. The molecule has 2 unspecified atom stereocenters. The van der Waals surface area contributed by atoms with Crippen molar-refractivity contribution in [2.45, 2.75) is 31.9 Å². The van der Waals surface area contributed by atoms with Crippen LogP contribution in [0.25, 0.3) is 0 Å². The monoisotopic (exact) mass is 182 g/mol. The first-order chi connectivity index (χ1) is 5.54. The van der Waals surface area contributed by atoms with Crippen LogP contribution >= 0.6 is 0 Å². The summed E-state index contributed by atoms with van der Waals surface area (Å²) in [6, 6.07) is 0. The summed E-state index contributed by atoms with van der Waals surface area (Å²) < 4.78 is 36.5. The van der Waals surface area contributed by atoms with Crippen LogP contribution in [0, 0.1) is 11.8 Å². The Kier molecular flexibility index (Phi) is 2.99. The van der Waals surface area contributed by atoms with Crippen LogP contribution in [0.3, 0.4) is 0 Å². The lowest BCUT2D eigenvalue weighted by Crippen LogP contribution is -2.29. The molecule has 0 bridgehead atoms. The topological polar surface area (TPSA) is 20.2 Å². The summed E-state index contributed by atoms with van der Waals surface area (Å²) in [5.74, 6) is -1.31. The highest BCUT2D eigenvalue weighted by molar-refractivity contribution is 4.77. The molecule has 0 aromatic rings. The molecule has 1 rings (SSSR count). The second-order valence-electron chi connectivity index (χ2n) is 3.45. The van der Waals surface area contributed by atoms with Crippen LogP contribution in [0.5, 0.6) is 0 Å². The van der Waals surface area contributed by atoms with Crippen molar-refractivity contribution in [3.63, 3.8) is 0 Å². The van der Waals surface area contributed by atoms with E-state index >= 15 is 0 Å². The van der Waals surface area contributed by atoms with Crippen molar-refractivity contribution in [3.05, 3.63) is 0 Å². The van der Waals surface area contributed by atoms with Crippen LogP contribution in [0.4, 0.5) is 13.2 Å². The van der Waals surface area contributed by atoms with Crippen molar-refractivity contribution in [1.29, 1.82) is 0 Å². The number of hydrogen-bond acceptors (Lipinski definition) is 1. The number of rotatable bonds is 1. The standard InChI is InChI=1S/C8H13F3O/c9-8(10,11)7-3-1-2-6(4-7)5-12/h6-7,12H,1-5H2. The molecule has 72 valence electrons. The molecule has 0 amide bonds. The quantitative estimate of drug-likeness (QED) is 0.660. The van der Waals surface area contributed by atoms with Gasteiger partial charge in [0, 0.05) is 6.61 Å². The number of aliphatic hydroxyl groups excluding tert-OH is 1. The van der Waals surface area contributed by atoms with Crippen LogP contribution < -0.4 is 0 Å². The Morgan fingerprint density at radius 1 is 1.25 bits per heavy atom. The van der Waals surface area contributed by atoms with Gasteiger partial charge in [-0.25, -0.2) is 0 Å². The van der Waals surface area contributed by atoms with Crippen LogP contribution in [-0.4, -0.2) is 17.9 Å². The van der Waals surface area contributed by atoms with Gasteiger partial charge in [-0.2, -0.15) is 13.2 Å². The summed E-state index contributed by atoms with van der Waals surface area (Å²) in [6.45, 7) is -0.105. The third-order valence-electron chi connectivity index (χ3n) is 2.50. The Balaban J connectivity index is 2.46. The Hall–Kier alpha value is -0.250. The van der Waals surface area contributed by atoms with Crippen LogP contribution in [0.1, 0.15) is 25.7 Å². The lowest BCUT2D eigenvalue weighted by atomic mass is 9.81. The average molecular weight is 182 g/mol. The molecule has 1 saturated carbocycles. The molecule has 0 aromatic heterocycles. The second-order valence-corrected chi connectivity index (χ2v) is 3.45. The Labute approximate surface area is 69.6 Å². The zero-order valence-electron chi connectivity index (χ0n) is 6.77. The molecular weight excluding hydrogens is 169 g/mol. The van der Waals surface area contributed by atoms with Gasteiger partial charge in [-0.3, -0.25) is 0 Å². The van der Waals surface area contributed by atoms with Gasteiger partial charge in [0.05, 0.1) is 5.92 Å². The molecule has 0 radical (unpaired) electrons. The van der Waals surface area contributed by atoms with Gasteiger partial charge in [0.25, 0.3) is 0 Å². The van der Waals surface area contributed by atoms with Gasteiger partial charge in [0.1, 0.15) is 0 Å². The predicted molar refractivity (Wildman–Crippen MR) is 38.6 cm³/mol. The highest BCUT2D eigenvalue weighted by Crippen LogP contribution is 2.39. The minimum absolute atomic E-state index is 0.105. The second kappa shape index (κ2) is 3.64. The summed E-state index contributed by atoms with van der Waals surface area (Å²) >= 11 is 0. The molecule has 1 aliphatic carbocycles. The molecule has 0 spiro atoms. The van der Waals surface area contributed by atoms with E-state index < -0.39 is 12.1 Å². The molecule has 0 saturated heterocycles. The van der Waals surface area contributed by atoms with E-state index in [1.807, 2.05) is 0 Å². The maximum absolute atomic E-state index is 12.2. The molecule has 4 heteroatoms. The molecule has 1 aliphatic rings. The predicted octanol–water partition coefficient (Wildman–Crippen LogP) is 2.35. The SMILES string of the molecule is OCC1CCCC(C(F)(F)F)C1. The van der Waals surface area contributed by atoms with Crippen LogP contribution in [0.2, 0.25) is 0 Å². The minimum atomic E-state index is -4.06. The molecule has 0 heterocycles. The smallest absolute Gasteiger partial charge is 0.391 e. The van der Waals surface area contributed by atoms with Crippen molar-refractivity contribution in [3.8, 4) is 0 Å². The summed E-state index contributed by atoms with van der Waals surface area (Å²) in [5.41, 5.74) is 0. The Morgan fingerprint density at radius 3 is 2.42 bits per heavy atom. The summed E-state index contributed by atoms with van der Waals surface area (Å²) in [5, 5.41) is 8.71. The largest absolute Gasteiger partial charge is 0.396 e. The molecular formula is C8H13F3O. The fraction of sp³-hybridized carbons (Fsp3) is 1.00. The average Bonchev–Trinajstić information content (AvgIpc) is 2.03. The number of hydrogen-bond donors (Lipinski definition) is 1. The van der Waals surface area contributed by atoms with Crippen LogP contribution in [-0.2, 0) is 0 Å². The lowest BCUT2D eigenvalue weighted by molar-refractivity contribution is -0.186. The van der Waals surface area contributed by atoms with Gasteiger partial charge in [0.2, 0.25) is 0 Å². The van der Waals surface area contributed by atoms with Crippen molar-refractivity contribution < 1.29 is 18.3 Å². The normalized spacial score (nSPS) is 32.0. The third kappa shape index (κ3) is 2.37. The Morgan fingerprint density at radius 2 is 1.92 bits per heavy atom. The molecule has 1 fully saturated rings. The first kappa shape index (κ1) is 9.84. The van der Waals surface area contributed by atoms with Crippen molar-refractivity contribution in [2.24, 2.45) is 11.8 Å². The van der Waals surface area contributed by atoms with E-state index in [9.17, 15) is 13.2 Å². The number of halogens is 3. The van der Waals surface area contributed by atoms with E-state index in [-0.39, 0.29) is 25.4 Å². The van der Waals surface area contributed by atoms with Crippen molar-refractivity contribution in [2.75, 3.05) is 6.61 Å². The highest BCUT2D eigenvalue weighted by atomic mass is 19.4. The highest BCUT2D eigenvalue weighted by Gasteiger charge is 2.41. The number of aliphatic hydroxyl groups is 1. The van der Waals surface area contributed by atoms with E-state index in [1.165, 1.54) is 0 Å². The van der Waals surface area contributed by atoms with Crippen LogP contribution in [0.15, 0.2) is 0 Å². The Bertz CT molecular complexity index is 144. The summed E-state index contributed by atoms with van der Waals surface area (Å²) in [7, 11) is 0. The zero-order valence-corrected chi connectivity index (χ0v) is 6.77. The lowest BCUT2D eigenvalue weighted by Gasteiger charge is -2.29. The van der Waals surface area contributed by atoms with Gasteiger partial charge < -0.3 is 5.11 Å². The summed E-state index contributed by atoms with van der Waals surface area (Å²) in [6.07, 6.45) is -2.38. The summed E-state index contributed by atoms with van der Waals surface area (Å²) in [4.78, 5) is 0. The zero-order chi connectivity index (χ0) is 9.19. The minimum Gasteiger partial charge on any atom is -0.396 e. The van der Waals surface area contributed by atoms with E-state index in [0.29, 0.717) is 6.42 Å². The molecule has 1 N–H and O–H groups in total. The molecule has 1 nitrogen and oxygen atoms in total. The fourth-order valence-electron chi connectivity index (χ4n) is 1.75. The maximum Gasteiger partial charge on any atom is 0.391 e. The number of alkyl halides is 3. The first-order valence-corrected chi connectivity index (χ1v) is 4.21.